The number of carbonyl (C=O) groups excluding carboxylic acids is 1. The molecule has 1 N–H and O–H groups in total. The van der Waals surface area contributed by atoms with Crippen LogP contribution in [0.2, 0.25) is 0 Å². The minimum Gasteiger partial charge on any atom is -0.361 e. The van der Waals surface area contributed by atoms with Gasteiger partial charge in [0.05, 0.1) is 6.04 Å². The fourth-order valence-corrected chi connectivity index (χ4v) is 2.73. The van der Waals surface area contributed by atoms with E-state index in [2.05, 4.69) is 26.9 Å². The van der Waals surface area contributed by atoms with Gasteiger partial charge in [-0.15, -0.1) is 0 Å². The summed E-state index contributed by atoms with van der Waals surface area (Å²) in [5, 5.41) is 3.81. The molecule has 1 aliphatic heterocycles. The van der Waals surface area contributed by atoms with Crippen molar-refractivity contribution >= 4 is 5.91 Å². The van der Waals surface area contributed by atoms with E-state index in [0.717, 1.165) is 18.9 Å². The molecule has 1 amide bonds. The number of nitrogens with one attached hydrogen (secondary N) is 1. The molecule has 1 fully saturated rings. The lowest BCUT2D eigenvalue weighted by molar-refractivity contribution is 0.0471. The molecule has 1 aliphatic rings. The molecule has 0 bridgehead atoms. The topological polar surface area (TPSA) is 78.3 Å². The standard InChI is InChI=1S/C14H19N5O2/c1-3-18-6-7-19(9-12(18)13-15-4-5-16-13)14(20)11-8-10(2)21-17-11/h4-5,8,12H,3,6-7,9H2,1-2H3,(H,15,16). The van der Waals surface area contributed by atoms with E-state index in [9.17, 15) is 4.79 Å². The minimum absolute atomic E-state index is 0.0841. The van der Waals surface area contributed by atoms with Crippen molar-refractivity contribution in [3.05, 3.63) is 35.7 Å². The van der Waals surface area contributed by atoms with Crippen LogP contribution in [0.1, 0.15) is 35.0 Å². The molecule has 1 unspecified atom stereocenters. The van der Waals surface area contributed by atoms with Crippen LogP contribution in [-0.2, 0) is 0 Å². The number of nitrogens with zero attached hydrogens (tertiary/aromatic N) is 4. The summed E-state index contributed by atoms with van der Waals surface area (Å²) < 4.78 is 4.99. The molecule has 3 rings (SSSR count). The number of imidazole rings is 1. The largest absolute Gasteiger partial charge is 0.361 e. The normalized spacial score (nSPS) is 19.9. The van der Waals surface area contributed by atoms with Gasteiger partial charge in [0.15, 0.2) is 5.69 Å². The summed E-state index contributed by atoms with van der Waals surface area (Å²) in [5.41, 5.74) is 0.371. The van der Waals surface area contributed by atoms with Gasteiger partial charge in [0, 0.05) is 38.1 Å². The average molecular weight is 289 g/mol. The van der Waals surface area contributed by atoms with Gasteiger partial charge < -0.3 is 14.4 Å². The molecular formula is C14H19N5O2. The lowest BCUT2D eigenvalue weighted by atomic mass is 10.1. The van der Waals surface area contributed by atoms with E-state index in [1.165, 1.54) is 0 Å². The number of amides is 1. The zero-order chi connectivity index (χ0) is 14.8. The molecule has 1 saturated heterocycles. The Labute approximate surface area is 122 Å². The highest BCUT2D eigenvalue weighted by atomic mass is 16.5. The number of aryl methyl sites for hydroxylation is 1. The van der Waals surface area contributed by atoms with Gasteiger partial charge in [-0.2, -0.15) is 0 Å². The van der Waals surface area contributed by atoms with E-state index in [1.807, 2.05) is 11.1 Å². The minimum atomic E-state index is -0.0841. The molecule has 2 aromatic rings. The van der Waals surface area contributed by atoms with Crippen LogP contribution in [0.3, 0.4) is 0 Å². The van der Waals surface area contributed by atoms with Crippen LogP contribution >= 0.6 is 0 Å². The number of aromatic amines is 1. The van der Waals surface area contributed by atoms with Crippen LogP contribution in [0.25, 0.3) is 0 Å². The highest BCUT2D eigenvalue weighted by Crippen LogP contribution is 2.23. The zero-order valence-electron chi connectivity index (χ0n) is 12.2. The van der Waals surface area contributed by atoms with Gasteiger partial charge in [0.1, 0.15) is 11.6 Å². The lowest BCUT2D eigenvalue weighted by Crippen LogP contribution is -2.50. The number of carbonyl (C=O) groups is 1. The predicted molar refractivity (Wildman–Crippen MR) is 75.7 cm³/mol. The van der Waals surface area contributed by atoms with Gasteiger partial charge >= 0.3 is 0 Å². The van der Waals surface area contributed by atoms with Gasteiger partial charge in [0.25, 0.3) is 5.91 Å². The van der Waals surface area contributed by atoms with Gasteiger partial charge in [-0.25, -0.2) is 4.98 Å². The van der Waals surface area contributed by atoms with Crippen molar-refractivity contribution in [1.82, 2.24) is 24.9 Å². The van der Waals surface area contributed by atoms with Crippen LogP contribution < -0.4 is 0 Å². The van der Waals surface area contributed by atoms with E-state index in [4.69, 9.17) is 4.52 Å². The zero-order valence-corrected chi connectivity index (χ0v) is 12.2. The second kappa shape index (κ2) is 5.69. The summed E-state index contributed by atoms with van der Waals surface area (Å²) in [4.78, 5) is 24.1. The summed E-state index contributed by atoms with van der Waals surface area (Å²) in [6.07, 6.45) is 3.55. The molecule has 0 saturated carbocycles. The highest BCUT2D eigenvalue weighted by molar-refractivity contribution is 5.92. The predicted octanol–water partition coefficient (Wildman–Crippen LogP) is 1.23. The summed E-state index contributed by atoms with van der Waals surface area (Å²) in [5.74, 6) is 1.46. The van der Waals surface area contributed by atoms with Crippen molar-refractivity contribution in [3.8, 4) is 0 Å². The molecular weight excluding hydrogens is 270 g/mol. The maximum atomic E-state index is 12.5. The molecule has 0 radical (unpaired) electrons. The summed E-state index contributed by atoms with van der Waals surface area (Å²) in [6, 6.07) is 1.77. The fraction of sp³-hybridized carbons (Fsp3) is 0.500. The van der Waals surface area contributed by atoms with Crippen molar-refractivity contribution in [2.75, 3.05) is 26.2 Å². The smallest absolute Gasteiger partial charge is 0.276 e. The van der Waals surface area contributed by atoms with Crippen LogP contribution in [0.4, 0.5) is 0 Å². The first kappa shape index (κ1) is 13.8. The number of piperazine rings is 1. The maximum Gasteiger partial charge on any atom is 0.276 e. The molecule has 0 spiro atoms. The first-order valence-corrected chi connectivity index (χ1v) is 7.15. The number of aromatic nitrogens is 3. The van der Waals surface area contributed by atoms with Crippen molar-refractivity contribution in [3.63, 3.8) is 0 Å². The summed E-state index contributed by atoms with van der Waals surface area (Å²) in [7, 11) is 0. The number of hydrogen-bond acceptors (Lipinski definition) is 5. The second-order valence-corrected chi connectivity index (χ2v) is 5.19. The van der Waals surface area contributed by atoms with E-state index in [0.29, 0.717) is 24.5 Å². The molecule has 0 aliphatic carbocycles. The molecule has 1 atom stereocenters. The summed E-state index contributed by atoms with van der Waals surface area (Å²) in [6.45, 7) is 6.95. The Bertz CT molecular complexity index is 607. The Morgan fingerprint density at radius 1 is 1.52 bits per heavy atom. The van der Waals surface area contributed by atoms with E-state index in [1.54, 1.807) is 19.2 Å². The Morgan fingerprint density at radius 2 is 2.38 bits per heavy atom. The van der Waals surface area contributed by atoms with Crippen molar-refractivity contribution in [1.29, 1.82) is 0 Å². The van der Waals surface area contributed by atoms with E-state index >= 15 is 0 Å². The number of hydrogen-bond donors (Lipinski definition) is 1. The van der Waals surface area contributed by atoms with Gasteiger partial charge in [0.2, 0.25) is 0 Å². The Balaban J connectivity index is 1.78. The molecule has 7 heteroatoms. The van der Waals surface area contributed by atoms with Crippen molar-refractivity contribution in [2.24, 2.45) is 0 Å². The molecule has 0 aromatic carbocycles. The van der Waals surface area contributed by atoms with Gasteiger partial charge in [-0.05, 0) is 13.5 Å². The van der Waals surface area contributed by atoms with E-state index in [-0.39, 0.29) is 11.9 Å². The SMILES string of the molecule is CCN1CCN(C(=O)c2cc(C)on2)CC1c1ncc[nH]1. The van der Waals surface area contributed by atoms with Crippen molar-refractivity contribution < 1.29 is 9.32 Å². The van der Waals surface area contributed by atoms with Crippen LogP contribution in [0.5, 0.6) is 0 Å². The Kier molecular flexibility index (Phi) is 3.74. The summed E-state index contributed by atoms with van der Waals surface area (Å²) >= 11 is 0. The third-order valence-electron chi connectivity index (χ3n) is 3.87. The third kappa shape index (κ3) is 2.69. The first-order chi connectivity index (χ1) is 10.2. The fourth-order valence-electron chi connectivity index (χ4n) is 2.73. The van der Waals surface area contributed by atoms with Crippen LogP contribution in [-0.4, -0.2) is 57.0 Å². The first-order valence-electron chi connectivity index (χ1n) is 7.15. The number of H-pyrrole nitrogens is 1. The lowest BCUT2D eigenvalue weighted by Gasteiger charge is -2.39. The number of likely N-dealkylation sites (N-methyl/N-ethyl adjacent to an activating group) is 1. The molecule has 112 valence electrons. The second-order valence-electron chi connectivity index (χ2n) is 5.19. The average Bonchev–Trinajstić information content (AvgIpc) is 3.17. The maximum absolute atomic E-state index is 12.5. The molecule has 7 nitrogen and oxygen atoms in total. The van der Waals surface area contributed by atoms with Crippen molar-refractivity contribution in [2.45, 2.75) is 19.9 Å². The molecule has 2 aromatic heterocycles. The quantitative estimate of drug-likeness (QED) is 0.919. The monoisotopic (exact) mass is 289 g/mol. The van der Waals surface area contributed by atoms with E-state index < -0.39 is 0 Å². The Morgan fingerprint density at radius 3 is 3.00 bits per heavy atom. The third-order valence-corrected chi connectivity index (χ3v) is 3.87. The Hall–Kier alpha value is -2.15. The number of rotatable bonds is 3. The van der Waals surface area contributed by atoms with Gasteiger partial charge in [-0.3, -0.25) is 9.69 Å². The van der Waals surface area contributed by atoms with Crippen LogP contribution in [0, 0.1) is 6.92 Å². The highest BCUT2D eigenvalue weighted by Gasteiger charge is 2.32. The van der Waals surface area contributed by atoms with Gasteiger partial charge in [-0.1, -0.05) is 12.1 Å². The molecule has 3 heterocycles. The molecule has 21 heavy (non-hydrogen) atoms. The van der Waals surface area contributed by atoms with Crippen LogP contribution in [0.15, 0.2) is 23.0 Å².